The molecule has 3 aliphatic rings. The average molecular weight is 572 g/mol. The zero-order valence-electron chi connectivity index (χ0n) is 23.0. The third-order valence-electron chi connectivity index (χ3n) is 8.30. The maximum Gasteiger partial charge on any atom is 0.416 e. The fourth-order valence-corrected chi connectivity index (χ4v) is 6.02. The van der Waals surface area contributed by atoms with Crippen LogP contribution in [-0.4, -0.2) is 85.4 Å². The van der Waals surface area contributed by atoms with Gasteiger partial charge in [0.25, 0.3) is 11.8 Å². The Hall–Kier alpha value is -3.60. The fourth-order valence-electron chi connectivity index (χ4n) is 6.02. The molecule has 41 heavy (non-hydrogen) atoms. The molecular weight excluding hydrogens is 535 g/mol. The first kappa shape index (κ1) is 28.9. The van der Waals surface area contributed by atoms with Gasteiger partial charge in [0.05, 0.1) is 12.1 Å². The van der Waals surface area contributed by atoms with Crippen molar-refractivity contribution in [2.24, 2.45) is 0 Å². The van der Waals surface area contributed by atoms with Gasteiger partial charge in [-0.05, 0) is 74.6 Å². The summed E-state index contributed by atoms with van der Waals surface area (Å²) in [4.78, 5) is 44.0. The van der Waals surface area contributed by atoms with Crippen LogP contribution in [-0.2, 0) is 11.0 Å². The van der Waals surface area contributed by atoms with Crippen molar-refractivity contribution in [2.45, 2.75) is 50.4 Å². The molecule has 3 aliphatic heterocycles. The molecule has 2 aromatic carbocycles. The van der Waals surface area contributed by atoms with E-state index in [9.17, 15) is 27.6 Å². The smallest absolute Gasteiger partial charge is 0.371 e. The van der Waals surface area contributed by atoms with E-state index in [1.54, 1.807) is 0 Å². The molecule has 3 amide bonds. The number of alkyl halides is 3. The molecule has 0 aliphatic carbocycles. The van der Waals surface area contributed by atoms with Crippen molar-refractivity contribution in [2.75, 3.05) is 50.7 Å². The zero-order chi connectivity index (χ0) is 29.0. The average Bonchev–Trinajstić information content (AvgIpc) is 3.68. The second kappa shape index (κ2) is 12.5. The molecule has 0 spiro atoms. The van der Waals surface area contributed by atoms with Crippen molar-refractivity contribution in [3.8, 4) is 0 Å². The van der Waals surface area contributed by atoms with Gasteiger partial charge in [-0.25, -0.2) is 0 Å². The SMILES string of the molecule is O=C(CNC(=O)c1cccc(C(F)(F)F)c1)N[C@@H]1CCN(C2CCN(c3ccc(C(=O)N4CCCC4)cc3)CC2)C1. The third-order valence-corrected chi connectivity index (χ3v) is 8.30. The molecule has 3 heterocycles. The molecule has 8 nitrogen and oxygen atoms in total. The second-order valence-electron chi connectivity index (χ2n) is 11.1. The quantitative estimate of drug-likeness (QED) is 0.532. The number of hydrogen-bond donors (Lipinski definition) is 2. The minimum absolute atomic E-state index is 0.0355. The predicted molar refractivity (Wildman–Crippen MR) is 149 cm³/mol. The molecule has 0 unspecified atom stereocenters. The van der Waals surface area contributed by atoms with Crippen LogP contribution in [0, 0.1) is 0 Å². The zero-order valence-corrected chi connectivity index (χ0v) is 23.0. The monoisotopic (exact) mass is 571 g/mol. The van der Waals surface area contributed by atoms with Crippen molar-refractivity contribution < 1.29 is 27.6 Å². The van der Waals surface area contributed by atoms with Crippen molar-refractivity contribution in [1.29, 1.82) is 0 Å². The molecule has 0 aromatic heterocycles. The summed E-state index contributed by atoms with van der Waals surface area (Å²) in [5.41, 5.74) is 0.817. The van der Waals surface area contributed by atoms with Crippen molar-refractivity contribution in [3.63, 3.8) is 0 Å². The molecule has 2 aromatic rings. The number of amides is 3. The lowest BCUT2D eigenvalue weighted by molar-refractivity contribution is -0.137. The highest BCUT2D eigenvalue weighted by Crippen LogP contribution is 2.29. The Labute approximate surface area is 237 Å². The van der Waals surface area contributed by atoms with Gasteiger partial charge >= 0.3 is 6.18 Å². The summed E-state index contributed by atoms with van der Waals surface area (Å²) in [5.74, 6) is -0.973. The maximum absolute atomic E-state index is 12.9. The molecule has 5 rings (SSSR count). The third kappa shape index (κ3) is 7.19. The molecule has 0 bridgehead atoms. The Balaban J connectivity index is 1.03. The number of carbonyl (C=O) groups excluding carboxylic acids is 3. The Morgan fingerprint density at radius 3 is 2.24 bits per heavy atom. The lowest BCUT2D eigenvalue weighted by Gasteiger charge is -2.38. The number of hydrogen-bond acceptors (Lipinski definition) is 5. The highest BCUT2D eigenvalue weighted by Gasteiger charge is 2.32. The number of anilines is 1. The number of likely N-dealkylation sites (tertiary alicyclic amines) is 2. The standard InChI is InChI=1S/C30H36F3N5O3/c31-30(32,33)23-5-3-4-22(18-23)28(40)34-19-27(39)35-24-10-15-38(20-24)26-11-16-36(17-12-26)25-8-6-21(7-9-25)29(41)37-13-1-2-14-37/h3-9,18,24,26H,1-2,10-17,19-20H2,(H,34,40)(H,35,39)/t24-/m1/s1. The van der Waals surface area contributed by atoms with Gasteiger partial charge in [0.2, 0.25) is 5.91 Å². The van der Waals surface area contributed by atoms with Crippen LogP contribution in [0.3, 0.4) is 0 Å². The Morgan fingerprint density at radius 1 is 0.854 bits per heavy atom. The van der Waals surface area contributed by atoms with Crippen LogP contribution in [0.1, 0.15) is 58.4 Å². The molecule has 1 atom stereocenters. The maximum atomic E-state index is 12.9. The van der Waals surface area contributed by atoms with Crippen LogP contribution in [0.5, 0.6) is 0 Å². The van der Waals surface area contributed by atoms with E-state index in [1.807, 2.05) is 29.2 Å². The molecule has 0 radical (unpaired) electrons. The number of benzene rings is 2. The Bertz CT molecular complexity index is 1240. The number of piperidine rings is 1. The Morgan fingerprint density at radius 2 is 1.56 bits per heavy atom. The van der Waals surface area contributed by atoms with Crippen LogP contribution < -0.4 is 15.5 Å². The fraction of sp³-hybridized carbons (Fsp3) is 0.500. The van der Waals surface area contributed by atoms with Gasteiger partial charge in [-0.3, -0.25) is 19.3 Å². The highest BCUT2D eigenvalue weighted by molar-refractivity contribution is 5.96. The lowest BCUT2D eigenvalue weighted by atomic mass is 10.0. The van der Waals surface area contributed by atoms with Crippen LogP contribution >= 0.6 is 0 Å². The summed E-state index contributed by atoms with van der Waals surface area (Å²) in [6.45, 7) is 4.82. The van der Waals surface area contributed by atoms with E-state index < -0.39 is 17.6 Å². The van der Waals surface area contributed by atoms with Crippen molar-refractivity contribution in [1.82, 2.24) is 20.4 Å². The molecule has 2 N–H and O–H groups in total. The molecule has 11 heteroatoms. The molecule has 3 fully saturated rings. The van der Waals surface area contributed by atoms with Gasteiger partial charge in [0, 0.05) is 68.2 Å². The van der Waals surface area contributed by atoms with Crippen LogP contribution in [0.4, 0.5) is 18.9 Å². The van der Waals surface area contributed by atoms with E-state index in [0.29, 0.717) is 6.04 Å². The second-order valence-corrected chi connectivity index (χ2v) is 11.1. The summed E-state index contributed by atoms with van der Waals surface area (Å²) in [5, 5.41) is 5.35. The first-order chi connectivity index (χ1) is 19.7. The Kier molecular flexibility index (Phi) is 8.82. The van der Waals surface area contributed by atoms with E-state index in [1.165, 1.54) is 12.1 Å². The van der Waals surface area contributed by atoms with Gasteiger partial charge in [-0.1, -0.05) is 6.07 Å². The topological polar surface area (TPSA) is 85.0 Å². The van der Waals surface area contributed by atoms with Gasteiger partial charge in [0.1, 0.15) is 0 Å². The predicted octanol–water partition coefficient (Wildman–Crippen LogP) is 3.53. The van der Waals surface area contributed by atoms with Crippen LogP contribution in [0.25, 0.3) is 0 Å². The molecule has 0 saturated carbocycles. The van der Waals surface area contributed by atoms with E-state index in [2.05, 4.69) is 20.4 Å². The highest BCUT2D eigenvalue weighted by atomic mass is 19.4. The first-order valence-electron chi connectivity index (χ1n) is 14.3. The molecule has 220 valence electrons. The summed E-state index contributed by atoms with van der Waals surface area (Å²) in [6.07, 6.45) is 0.421. The molecule has 3 saturated heterocycles. The van der Waals surface area contributed by atoms with Crippen molar-refractivity contribution in [3.05, 3.63) is 65.2 Å². The van der Waals surface area contributed by atoms with E-state index in [0.717, 1.165) is 94.8 Å². The normalized spacial score (nSPS) is 20.3. The van der Waals surface area contributed by atoms with Gasteiger partial charge in [0.15, 0.2) is 0 Å². The van der Waals surface area contributed by atoms with E-state index in [4.69, 9.17) is 0 Å². The number of nitrogens with zero attached hydrogens (tertiary/aromatic N) is 3. The molecular formula is C30H36F3N5O3. The minimum atomic E-state index is -4.54. The van der Waals surface area contributed by atoms with Gasteiger partial charge in [-0.2, -0.15) is 13.2 Å². The first-order valence-corrected chi connectivity index (χ1v) is 14.3. The van der Waals surface area contributed by atoms with E-state index in [-0.39, 0.29) is 30.0 Å². The largest absolute Gasteiger partial charge is 0.416 e. The lowest BCUT2D eigenvalue weighted by Crippen LogP contribution is -2.46. The van der Waals surface area contributed by atoms with Gasteiger partial charge < -0.3 is 20.4 Å². The number of halogens is 3. The summed E-state index contributed by atoms with van der Waals surface area (Å²) in [6, 6.07) is 12.5. The van der Waals surface area contributed by atoms with Crippen LogP contribution in [0.2, 0.25) is 0 Å². The van der Waals surface area contributed by atoms with E-state index >= 15 is 0 Å². The van der Waals surface area contributed by atoms with Crippen LogP contribution in [0.15, 0.2) is 48.5 Å². The van der Waals surface area contributed by atoms with Crippen molar-refractivity contribution >= 4 is 23.4 Å². The minimum Gasteiger partial charge on any atom is -0.371 e. The summed E-state index contributed by atoms with van der Waals surface area (Å²) in [7, 11) is 0. The number of carbonyl (C=O) groups is 3. The number of rotatable bonds is 7. The summed E-state index contributed by atoms with van der Waals surface area (Å²) >= 11 is 0. The number of nitrogens with one attached hydrogen (secondary N) is 2. The van der Waals surface area contributed by atoms with Gasteiger partial charge in [-0.15, -0.1) is 0 Å². The summed E-state index contributed by atoms with van der Waals surface area (Å²) < 4.78 is 38.7.